The molecule has 0 aliphatic carbocycles. The van der Waals surface area contributed by atoms with Gasteiger partial charge < -0.3 is 15.3 Å². The maximum Gasteiger partial charge on any atom is 0.303 e. The number of carboxylic acid groups (broad SMARTS) is 1. The van der Waals surface area contributed by atoms with E-state index in [1.54, 1.807) is 7.05 Å². The van der Waals surface area contributed by atoms with E-state index in [9.17, 15) is 14.4 Å². The normalized spacial score (nSPS) is 10.2. The fourth-order valence-corrected chi connectivity index (χ4v) is 2.00. The number of hydrogen-bond acceptors (Lipinski definition) is 3. The summed E-state index contributed by atoms with van der Waals surface area (Å²) in [5.74, 6) is -1.27. The van der Waals surface area contributed by atoms with Crippen molar-refractivity contribution in [3.8, 4) is 0 Å². The number of nitrogens with one attached hydrogen (secondary N) is 1. The minimum Gasteiger partial charge on any atom is -0.481 e. The molecule has 6 heteroatoms. The first-order valence-corrected chi connectivity index (χ1v) is 7.66. The molecule has 1 aromatic carbocycles. The lowest BCUT2D eigenvalue weighted by Gasteiger charge is -2.16. The Morgan fingerprint density at radius 2 is 1.78 bits per heavy atom. The third kappa shape index (κ3) is 7.99. The van der Waals surface area contributed by atoms with Crippen LogP contribution in [0.3, 0.4) is 0 Å². The highest BCUT2D eigenvalue weighted by atomic mass is 16.4. The van der Waals surface area contributed by atoms with Crippen molar-refractivity contribution in [3.05, 3.63) is 35.4 Å². The van der Waals surface area contributed by atoms with E-state index < -0.39 is 5.97 Å². The van der Waals surface area contributed by atoms with E-state index in [1.165, 1.54) is 10.5 Å². The maximum absolute atomic E-state index is 11.8. The summed E-state index contributed by atoms with van der Waals surface area (Å²) in [6.45, 7) is 2.32. The first-order valence-electron chi connectivity index (χ1n) is 7.66. The molecular formula is C17H24N2O4. The molecule has 0 unspecified atom stereocenters. The summed E-state index contributed by atoms with van der Waals surface area (Å²) in [7, 11) is 1.60. The van der Waals surface area contributed by atoms with E-state index in [2.05, 4.69) is 5.32 Å². The van der Waals surface area contributed by atoms with Crippen LogP contribution in [-0.2, 0) is 20.8 Å². The topological polar surface area (TPSA) is 86.7 Å². The first-order chi connectivity index (χ1) is 10.9. The van der Waals surface area contributed by atoms with Gasteiger partial charge in [0.15, 0.2) is 0 Å². The van der Waals surface area contributed by atoms with Gasteiger partial charge in [0.2, 0.25) is 11.8 Å². The SMILES string of the molecule is Cc1ccc(CCC(=O)NCC(=O)N(C)CCCC(=O)O)cc1. The van der Waals surface area contributed by atoms with Crippen LogP contribution < -0.4 is 5.32 Å². The summed E-state index contributed by atoms with van der Waals surface area (Å²) in [6.07, 6.45) is 1.40. The van der Waals surface area contributed by atoms with Crippen molar-refractivity contribution in [2.24, 2.45) is 0 Å². The summed E-state index contributed by atoms with van der Waals surface area (Å²) in [5, 5.41) is 11.1. The Bertz CT molecular complexity index is 540. The van der Waals surface area contributed by atoms with Gasteiger partial charge in [-0.25, -0.2) is 0 Å². The maximum atomic E-state index is 11.8. The minimum atomic E-state index is -0.879. The summed E-state index contributed by atoms with van der Waals surface area (Å²) in [4.78, 5) is 35.4. The predicted molar refractivity (Wildman–Crippen MR) is 87.0 cm³/mol. The summed E-state index contributed by atoms with van der Waals surface area (Å²) >= 11 is 0. The molecule has 23 heavy (non-hydrogen) atoms. The number of rotatable bonds is 9. The van der Waals surface area contributed by atoms with Crippen molar-refractivity contribution in [2.75, 3.05) is 20.1 Å². The van der Waals surface area contributed by atoms with Gasteiger partial charge in [0.25, 0.3) is 0 Å². The number of benzene rings is 1. The molecule has 0 aromatic heterocycles. The number of carbonyl (C=O) groups is 3. The van der Waals surface area contributed by atoms with Crippen molar-refractivity contribution in [1.29, 1.82) is 0 Å². The molecule has 1 aromatic rings. The van der Waals surface area contributed by atoms with Gasteiger partial charge in [0, 0.05) is 26.4 Å². The van der Waals surface area contributed by atoms with Crippen molar-refractivity contribution >= 4 is 17.8 Å². The molecule has 126 valence electrons. The molecule has 0 heterocycles. The van der Waals surface area contributed by atoms with Gasteiger partial charge in [-0.3, -0.25) is 14.4 Å². The molecule has 0 aliphatic rings. The standard InChI is InChI=1S/C17H24N2O4/c1-13-5-7-14(8-6-13)9-10-15(20)18-12-16(21)19(2)11-3-4-17(22)23/h5-8H,3-4,9-12H2,1-2H3,(H,18,20)(H,22,23). The van der Waals surface area contributed by atoms with Crippen LogP contribution in [0.4, 0.5) is 0 Å². The van der Waals surface area contributed by atoms with Gasteiger partial charge in [-0.2, -0.15) is 0 Å². The molecule has 2 N–H and O–H groups in total. The van der Waals surface area contributed by atoms with Crippen LogP contribution in [0.25, 0.3) is 0 Å². The number of aryl methyl sites for hydroxylation is 2. The molecule has 0 fully saturated rings. The summed E-state index contributed by atoms with van der Waals surface area (Å²) in [6, 6.07) is 7.99. The lowest BCUT2D eigenvalue weighted by atomic mass is 10.1. The smallest absolute Gasteiger partial charge is 0.303 e. The van der Waals surface area contributed by atoms with Gasteiger partial charge in [0.05, 0.1) is 6.54 Å². The van der Waals surface area contributed by atoms with Crippen LogP contribution in [0.1, 0.15) is 30.4 Å². The number of nitrogens with zero attached hydrogens (tertiary/aromatic N) is 1. The van der Waals surface area contributed by atoms with Crippen molar-refractivity contribution in [3.63, 3.8) is 0 Å². The van der Waals surface area contributed by atoms with Crippen LogP contribution in [0.2, 0.25) is 0 Å². The fourth-order valence-electron chi connectivity index (χ4n) is 2.00. The van der Waals surface area contributed by atoms with E-state index in [-0.39, 0.29) is 24.8 Å². The second-order valence-corrected chi connectivity index (χ2v) is 5.57. The largest absolute Gasteiger partial charge is 0.481 e. The number of aliphatic carboxylic acids is 1. The number of hydrogen-bond donors (Lipinski definition) is 2. The zero-order chi connectivity index (χ0) is 17.2. The minimum absolute atomic E-state index is 0.0283. The molecule has 0 radical (unpaired) electrons. The molecule has 0 aliphatic heterocycles. The van der Waals surface area contributed by atoms with Crippen LogP contribution >= 0.6 is 0 Å². The number of carboxylic acids is 1. The first kappa shape index (κ1) is 18.7. The highest BCUT2D eigenvalue weighted by Crippen LogP contribution is 2.05. The fraction of sp³-hybridized carbons (Fsp3) is 0.471. The molecule has 0 saturated carbocycles. The lowest BCUT2D eigenvalue weighted by molar-refractivity contribution is -0.137. The molecule has 1 rings (SSSR count). The average Bonchev–Trinajstić information content (AvgIpc) is 2.51. The zero-order valence-corrected chi connectivity index (χ0v) is 13.7. The molecule has 0 bridgehead atoms. The summed E-state index contributed by atoms with van der Waals surface area (Å²) in [5.41, 5.74) is 2.26. The zero-order valence-electron chi connectivity index (χ0n) is 13.7. The van der Waals surface area contributed by atoms with Crippen LogP contribution in [0, 0.1) is 6.92 Å². The van der Waals surface area contributed by atoms with E-state index in [0.717, 1.165) is 5.56 Å². The highest BCUT2D eigenvalue weighted by molar-refractivity contribution is 5.84. The molecule has 6 nitrogen and oxygen atoms in total. The Kier molecular flexibility index (Phi) is 7.80. The Labute approximate surface area is 136 Å². The van der Waals surface area contributed by atoms with Crippen LogP contribution in [0.15, 0.2) is 24.3 Å². The second kappa shape index (κ2) is 9.61. The predicted octanol–water partition coefficient (Wildman–Crippen LogP) is 1.37. The van der Waals surface area contributed by atoms with Crippen molar-refractivity contribution in [1.82, 2.24) is 10.2 Å². The molecule has 0 saturated heterocycles. The molecular weight excluding hydrogens is 296 g/mol. The molecule has 0 atom stereocenters. The average molecular weight is 320 g/mol. The van der Waals surface area contributed by atoms with E-state index in [4.69, 9.17) is 5.11 Å². The number of carbonyl (C=O) groups excluding carboxylic acids is 2. The van der Waals surface area contributed by atoms with E-state index >= 15 is 0 Å². The van der Waals surface area contributed by atoms with Gasteiger partial charge in [-0.15, -0.1) is 0 Å². The Morgan fingerprint density at radius 3 is 2.39 bits per heavy atom. The molecule has 2 amide bonds. The number of amides is 2. The van der Waals surface area contributed by atoms with Gasteiger partial charge in [-0.05, 0) is 25.3 Å². The monoisotopic (exact) mass is 320 g/mol. The Hall–Kier alpha value is -2.37. The van der Waals surface area contributed by atoms with Gasteiger partial charge in [0.1, 0.15) is 0 Å². The lowest BCUT2D eigenvalue weighted by Crippen LogP contribution is -2.38. The van der Waals surface area contributed by atoms with E-state index in [0.29, 0.717) is 25.8 Å². The van der Waals surface area contributed by atoms with Crippen molar-refractivity contribution in [2.45, 2.75) is 32.6 Å². The van der Waals surface area contributed by atoms with Gasteiger partial charge in [-0.1, -0.05) is 29.8 Å². The third-order valence-corrected chi connectivity index (χ3v) is 3.51. The Morgan fingerprint density at radius 1 is 1.13 bits per heavy atom. The van der Waals surface area contributed by atoms with Crippen LogP contribution in [-0.4, -0.2) is 47.9 Å². The second-order valence-electron chi connectivity index (χ2n) is 5.57. The summed E-state index contributed by atoms with van der Waals surface area (Å²) < 4.78 is 0. The highest BCUT2D eigenvalue weighted by Gasteiger charge is 2.11. The Balaban J connectivity index is 2.22. The van der Waals surface area contributed by atoms with Crippen molar-refractivity contribution < 1.29 is 19.5 Å². The van der Waals surface area contributed by atoms with Gasteiger partial charge >= 0.3 is 5.97 Å². The number of likely N-dealkylation sites (N-methyl/N-ethyl adjacent to an activating group) is 1. The molecule has 0 spiro atoms. The third-order valence-electron chi connectivity index (χ3n) is 3.51. The van der Waals surface area contributed by atoms with E-state index in [1.807, 2.05) is 31.2 Å². The quantitative estimate of drug-likeness (QED) is 0.719. The van der Waals surface area contributed by atoms with Crippen LogP contribution in [0.5, 0.6) is 0 Å².